The van der Waals surface area contributed by atoms with Crippen molar-refractivity contribution in [2.24, 2.45) is 5.92 Å². The summed E-state index contributed by atoms with van der Waals surface area (Å²) in [5, 5.41) is 0. The van der Waals surface area contributed by atoms with E-state index >= 15 is 0 Å². The molecule has 0 rings (SSSR count). The largest absolute Gasteiger partial charge is 0.465 e. The molecule has 0 aromatic heterocycles. The highest BCUT2D eigenvalue weighted by Crippen LogP contribution is 2.02. The first-order chi connectivity index (χ1) is 6.57. The number of hydrogen-bond acceptors (Lipinski definition) is 3. The van der Waals surface area contributed by atoms with Gasteiger partial charge in [0, 0.05) is 0 Å². The maximum absolute atomic E-state index is 11.3. The highest BCUT2D eigenvalue weighted by molar-refractivity contribution is 5.72. The van der Waals surface area contributed by atoms with Gasteiger partial charge in [-0.3, -0.25) is 4.79 Å². The molecule has 0 amide bonds. The van der Waals surface area contributed by atoms with E-state index in [0.29, 0.717) is 13.2 Å². The normalized spacial score (nSPS) is 12.9. The van der Waals surface area contributed by atoms with Gasteiger partial charge in [-0.2, -0.15) is 0 Å². The van der Waals surface area contributed by atoms with Gasteiger partial charge in [0.05, 0.1) is 25.2 Å². The van der Waals surface area contributed by atoms with Gasteiger partial charge in [0.2, 0.25) is 0 Å². The quantitative estimate of drug-likeness (QED) is 0.469. The Morgan fingerprint density at radius 3 is 2.43 bits per heavy atom. The van der Waals surface area contributed by atoms with Crippen LogP contribution < -0.4 is 0 Å². The van der Waals surface area contributed by atoms with Crippen LogP contribution in [0.25, 0.3) is 0 Å². The second-order valence-corrected chi connectivity index (χ2v) is 3.80. The monoisotopic (exact) mass is 202 g/mol. The summed E-state index contributed by atoms with van der Waals surface area (Å²) in [7, 11) is 0. The van der Waals surface area contributed by atoms with Crippen LogP contribution in [0.1, 0.15) is 40.5 Å². The van der Waals surface area contributed by atoms with E-state index < -0.39 is 0 Å². The summed E-state index contributed by atoms with van der Waals surface area (Å²) in [5.41, 5.74) is 0. The van der Waals surface area contributed by atoms with E-state index in [9.17, 15) is 4.79 Å². The molecule has 0 aliphatic rings. The van der Waals surface area contributed by atoms with Crippen LogP contribution in [0.5, 0.6) is 0 Å². The molecule has 1 unspecified atom stereocenters. The van der Waals surface area contributed by atoms with Gasteiger partial charge in [0.15, 0.2) is 0 Å². The Labute approximate surface area is 86.8 Å². The number of hydrogen-bond donors (Lipinski definition) is 0. The third-order valence-electron chi connectivity index (χ3n) is 1.82. The number of unbranched alkanes of at least 4 members (excludes halogenated alkanes) is 1. The summed E-state index contributed by atoms with van der Waals surface area (Å²) in [6, 6.07) is 0. The lowest BCUT2D eigenvalue weighted by Crippen LogP contribution is -2.22. The standard InChI is InChI=1S/C11H22O3/c1-5-6-7-13-11(12)10(4)8-14-9(2)3/h9-10H,5-8H2,1-4H3. The minimum atomic E-state index is -0.158. The molecule has 84 valence electrons. The van der Waals surface area contributed by atoms with Gasteiger partial charge in [0.25, 0.3) is 0 Å². The predicted molar refractivity (Wildman–Crippen MR) is 56.1 cm³/mol. The molecule has 0 aliphatic heterocycles. The summed E-state index contributed by atoms with van der Waals surface area (Å²) in [6.07, 6.45) is 2.15. The van der Waals surface area contributed by atoms with Crippen LogP contribution in [-0.4, -0.2) is 25.3 Å². The van der Waals surface area contributed by atoms with Crippen molar-refractivity contribution >= 4 is 5.97 Å². The highest BCUT2D eigenvalue weighted by Gasteiger charge is 2.14. The average Bonchev–Trinajstić information content (AvgIpc) is 2.14. The molecule has 0 N–H and O–H groups in total. The van der Waals surface area contributed by atoms with E-state index in [1.54, 1.807) is 0 Å². The van der Waals surface area contributed by atoms with Gasteiger partial charge in [-0.25, -0.2) is 0 Å². The van der Waals surface area contributed by atoms with E-state index in [2.05, 4.69) is 6.92 Å². The Bertz CT molecular complexity index is 155. The molecular formula is C11H22O3. The van der Waals surface area contributed by atoms with Gasteiger partial charge in [-0.05, 0) is 27.2 Å². The zero-order chi connectivity index (χ0) is 11.0. The zero-order valence-electron chi connectivity index (χ0n) is 9.71. The number of esters is 1. The van der Waals surface area contributed by atoms with Gasteiger partial charge in [-0.15, -0.1) is 0 Å². The van der Waals surface area contributed by atoms with E-state index in [1.165, 1.54) is 0 Å². The van der Waals surface area contributed by atoms with Crippen LogP contribution in [0.4, 0.5) is 0 Å². The third-order valence-corrected chi connectivity index (χ3v) is 1.82. The summed E-state index contributed by atoms with van der Waals surface area (Å²) in [6.45, 7) is 8.78. The molecule has 0 aromatic rings. The number of ether oxygens (including phenoxy) is 2. The molecule has 0 aromatic carbocycles. The van der Waals surface area contributed by atoms with Crippen LogP contribution in [0, 0.1) is 5.92 Å². The van der Waals surface area contributed by atoms with Gasteiger partial charge in [-0.1, -0.05) is 13.3 Å². The van der Waals surface area contributed by atoms with Crippen LogP contribution in [0.2, 0.25) is 0 Å². The van der Waals surface area contributed by atoms with E-state index in [-0.39, 0.29) is 18.0 Å². The topological polar surface area (TPSA) is 35.5 Å². The van der Waals surface area contributed by atoms with Crippen LogP contribution in [0.3, 0.4) is 0 Å². The van der Waals surface area contributed by atoms with Crippen molar-refractivity contribution in [3.8, 4) is 0 Å². The fourth-order valence-corrected chi connectivity index (χ4v) is 0.864. The van der Waals surface area contributed by atoms with Crippen molar-refractivity contribution in [3.05, 3.63) is 0 Å². The zero-order valence-corrected chi connectivity index (χ0v) is 9.71. The summed E-state index contributed by atoms with van der Waals surface area (Å²) < 4.78 is 10.4. The maximum Gasteiger partial charge on any atom is 0.310 e. The lowest BCUT2D eigenvalue weighted by Gasteiger charge is -2.13. The Morgan fingerprint density at radius 1 is 1.29 bits per heavy atom. The van der Waals surface area contributed by atoms with Crippen molar-refractivity contribution in [1.29, 1.82) is 0 Å². The number of carbonyl (C=O) groups is 1. The van der Waals surface area contributed by atoms with Crippen LogP contribution in [0.15, 0.2) is 0 Å². The molecule has 0 heterocycles. The molecule has 0 spiro atoms. The molecule has 0 saturated heterocycles. The van der Waals surface area contributed by atoms with E-state index in [4.69, 9.17) is 9.47 Å². The Balaban J connectivity index is 3.54. The van der Waals surface area contributed by atoms with Crippen molar-refractivity contribution in [3.63, 3.8) is 0 Å². The fraction of sp³-hybridized carbons (Fsp3) is 0.909. The second-order valence-electron chi connectivity index (χ2n) is 3.80. The second kappa shape index (κ2) is 7.80. The Hall–Kier alpha value is -0.570. The van der Waals surface area contributed by atoms with Crippen LogP contribution >= 0.6 is 0 Å². The van der Waals surface area contributed by atoms with Crippen molar-refractivity contribution < 1.29 is 14.3 Å². The first-order valence-electron chi connectivity index (χ1n) is 5.36. The minimum Gasteiger partial charge on any atom is -0.465 e. The number of carbonyl (C=O) groups excluding carboxylic acids is 1. The highest BCUT2D eigenvalue weighted by atomic mass is 16.5. The predicted octanol–water partition coefficient (Wildman–Crippen LogP) is 2.39. The first kappa shape index (κ1) is 13.4. The number of rotatable bonds is 7. The molecule has 0 radical (unpaired) electrons. The van der Waals surface area contributed by atoms with Gasteiger partial charge >= 0.3 is 5.97 Å². The van der Waals surface area contributed by atoms with Crippen LogP contribution in [-0.2, 0) is 14.3 Å². The minimum absolute atomic E-state index is 0.154. The Kier molecular flexibility index (Phi) is 7.48. The van der Waals surface area contributed by atoms with Crippen molar-refractivity contribution in [1.82, 2.24) is 0 Å². The molecule has 0 fully saturated rings. The molecule has 0 bridgehead atoms. The lowest BCUT2D eigenvalue weighted by atomic mass is 10.2. The van der Waals surface area contributed by atoms with Crippen molar-refractivity contribution in [2.45, 2.75) is 46.6 Å². The summed E-state index contributed by atoms with van der Waals surface area (Å²) in [4.78, 5) is 11.3. The Morgan fingerprint density at radius 2 is 1.93 bits per heavy atom. The molecular weight excluding hydrogens is 180 g/mol. The smallest absolute Gasteiger partial charge is 0.310 e. The molecule has 1 atom stereocenters. The molecule has 0 saturated carbocycles. The van der Waals surface area contributed by atoms with Gasteiger partial charge < -0.3 is 9.47 Å². The SMILES string of the molecule is CCCCOC(=O)C(C)COC(C)C. The first-order valence-corrected chi connectivity index (χ1v) is 5.36. The lowest BCUT2D eigenvalue weighted by molar-refractivity contribution is -0.150. The third kappa shape index (κ3) is 6.89. The molecule has 3 nitrogen and oxygen atoms in total. The molecule has 3 heteroatoms. The molecule has 0 aliphatic carbocycles. The summed E-state index contributed by atoms with van der Waals surface area (Å²) in [5.74, 6) is -0.312. The molecule has 14 heavy (non-hydrogen) atoms. The van der Waals surface area contributed by atoms with Gasteiger partial charge in [0.1, 0.15) is 0 Å². The van der Waals surface area contributed by atoms with E-state index in [1.807, 2.05) is 20.8 Å². The van der Waals surface area contributed by atoms with Crippen molar-refractivity contribution in [2.75, 3.05) is 13.2 Å². The summed E-state index contributed by atoms with van der Waals surface area (Å²) >= 11 is 0. The van der Waals surface area contributed by atoms with E-state index in [0.717, 1.165) is 12.8 Å². The fourth-order valence-electron chi connectivity index (χ4n) is 0.864. The average molecular weight is 202 g/mol. The maximum atomic E-state index is 11.3.